The minimum Gasteiger partial charge on any atom is -0.497 e. The fourth-order valence-electron chi connectivity index (χ4n) is 2.70. The van der Waals surface area contributed by atoms with E-state index in [1.807, 2.05) is 0 Å². The monoisotopic (exact) mass is 373 g/mol. The first-order valence-corrected chi connectivity index (χ1v) is 8.18. The van der Waals surface area contributed by atoms with Crippen LogP contribution in [-0.2, 0) is 4.79 Å². The van der Waals surface area contributed by atoms with Crippen LogP contribution in [0, 0.1) is 0 Å². The van der Waals surface area contributed by atoms with Gasteiger partial charge in [-0.1, -0.05) is 12.1 Å². The zero-order valence-electron chi connectivity index (χ0n) is 14.9. The fraction of sp³-hybridized carbons (Fsp3) is 0.263. The van der Waals surface area contributed by atoms with Gasteiger partial charge in [0.15, 0.2) is 17.5 Å². The lowest BCUT2D eigenvalue weighted by molar-refractivity contribution is -0.139. The van der Waals surface area contributed by atoms with E-state index in [2.05, 4.69) is 5.32 Å². The lowest BCUT2D eigenvalue weighted by atomic mass is 10.1. The molecule has 1 aliphatic rings. The Morgan fingerprint density at radius 2 is 1.78 bits per heavy atom. The first-order valence-electron chi connectivity index (χ1n) is 8.18. The molecule has 0 aliphatic carbocycles. The van der Waals surface area contributed by atoms with Crippen molar-refractivity contribution in [2.75, 3.05) is 27.4 Å². The van der Waals surface area contributed by atoms with Crippen LogP contribution in [0.4, 0.5) is 0 Å². The molecule has 0 saturated heterocycles. The Balaban J connectivity index is 1.86. The standard InChI is InChI=1S/C19H19NO7/c1-24-13-5-3-11(4-6-13)16(19(22)23)20-18(21)12-9-14(25-2)17-15(10-12)26-7-8-27-17/h3-6,9-10,16H,7-8H2,1-2H3,(H,20,21)(H,22,23). The second kappa shape index (κ2) is 7.86. The smallest absolute Gasteiger partial charge is 0.330 e. The van der Waals surface area contributed by atoms with Gasteiger partial charge in [-0.2, -0.15) is 0 Å². The quantitative estimate of drug-likeness (QED) is 0.798. The third-order valence-corrected chi connectivity index (χ3v) is 4.06. The van der Waals surface area contributed by atoms with Crippen molar-refractivity contribution in [3.8, 4) is 23.0 Å². The minimum atomic E-state index is -1.22. The number of hydrogen-bond donors (Lipinski definition) is 2. The number of hydrogen-bond acceptors (Lipinski definition) is 6. The predicted octanol–water partition coefficient (Wildman–Crippen LogP) is 2.03. The second-order valence-corrected chi connectivity index (χ2v) is 5.72. The molecule has 0 bridgehead atoms. The molecule has 1 amide bonds. The first-order chi connectivity index (χ1) is 13.0. The van der Waals surface area contributed by atoms with Crippen molar-refractivity contribution in [3.63, 3.8) is 0 Å². The third kappa shape index (κ3) is 3.89. The first kappa shape index (κ1) is 18.4. The van der Waals surface area contributed by atoms with E-state index >= 15 is 0 Å². The fourth-order valence-corrected chi connectivity index (χ4v) is 2.70. The summed E-state index contributed by atoms with van der Waals surface area (Å²) in [6.07, 6.45) is 0. The molecular weight excluding hydrogens is 354 g/mol. The highest BCUT2D eigenvalue weighted by molar-refractivity contribution is 5.98. The Kier molecular flexibility index (Phi) is 5.35. The van der Waals surface area contributed by atoms with Crippen molar-refractivity contribution in [2.45, 2.75) is 6.04 Å². The molecule has 8 heteroatoms. The summed E-state index contributed by atoms with van der Waals surface area (Å²) in [6.45, 7) is 0.734. The van der Waals surface area contributed by atoms with E-state index in [0.717, 1.165) is 0 Å². The molecule has 2 aromatic rings. The van der Waals surface area contributed by atoms with Crippen molar-refractivity contribution in [1.82, 2.24) is 5.32 Å². The number of rotatable bonds is 6. The SMILES string of the molecule is COc1ccc(C(NC(=O)c2cc(OC)c3c(c2)OCCO3)C(=O)O)cc1. The number of benzene rings is 2. The Labute approximate surface area is 155 Å². The highest BCUT2D eigenvalue weighted by Crippen LogP contribution is 2.40. The summed E-state index contributed by atoms with van der Waals surface area (Å²) in [5.74, 6) is -0.0294. The van der Waals surface area contributed by atoms with Gasteiger partial charge in [0.1, 0.15) is 19.0 Å². The summed E-state index contributed by atoms with van der Waals surface area (Å²) in [6, 6.07) is 8.19. The number of fused-ring (bicyclic) bond motifs is 1. The van der Waals surface area contributed by atoms with Crippen molar-refractivity contribution >= 4 is 11.9 Å². The molecule has 8 nitrogen and oxygen atoms in total. The van der Waals surface area contributed by atoms with Gasteiger partial charge < -0.3 is 29.4 Å². The normalized spacial score (nSPS) is 13.4. The maximum absolute atomic E-state index is 12.7. The van der Waals surface area contributed by atoms with E-state index in [4.69, 9.17) is 18.9 Å². The topological polar surface area (TPSA) is 103 Å². The summed E-state index contributed by atoms with van der Waals surface area (Å²) in [5.41, 5.74) is 0.622. The Morgan fingerprint density at radius 1 is 1.07 bits per heavy atom. The second-order valence-electron chi connectivity index (χ2n) is 5.72. The highest BCUT2D eigenvalue weighted by Gasteiger charge is 2.25. The molecule has 2 N–H and O–H groups in total. The molecule has 1 aliphatic heterocycles. The molecule has 1 atom stereocenters. The number of ether oxygens (including phenoxy) is 4. The molecule has 0 spiro atoms. The number of carbonyl (C=O) groups excluding carboxylic acids is 1. The van der Waals surface area contributed by atoms with Gasteiger partial charge in [0.25, 0.3) is 5.91 Å². The number of aliphatic carboxylic acids is 1. The van der Waals surface area contributed by atoms with E-state index in [0.29, 0.717) is 41.8 Å². The van der Waals surface area contributed by atoms with Gasteiger partial charge in [-0.25, -0.2) is 4.79 Å². The van der Waals surface area contributed by atoms with Crippen LogP contribution in [0.15, 0.2) is 36.4 Å². The number of carboxylic acids is 1. The molecule has 2 aromatic carbocycles. The number of amides is 1. The molecule has 3 rings (SSSR count). The van der Waals surface area contributed by atoms with E-state index in [1.165, 1.54) is 26.4 Å². The molecule has 1 unspecified atom stereocenters. The van der Waals surface area contributed by atoms with Crippen molar-refractivity contribution in [2.24, 2.45) is 0 Å². The molecule has 1 heterocycles. The predicted molar refractivity (Wildman–Crippen MR) is 94.8 cm³/mol. The molecule has 0 radical (unpaired) electrons. The van der Waals surface area contributed by atoms with Gasteiger partial charge in [-0.05, 0) is 29.8 Å². The Morgan fingerprint density at radius 3 is 2.41 bits per heavy atom. The van der Waals surface area contributed by atoms with Gasteiger partial charge in [-0.3, -0.25) is 4.79 Å². The Bertz CT molecular complexity index is 831. The average Bonchev–Trinajstić information content (AvgIpc) is 2.70. The summed E-state index contributed by atoms with van der Waals surface area (Å²) >= 11 is 0. The van der Waals surface area contributed by atoms with E-state index in [1.54, 1.807) is 24.3 Å². The van der Waals surface area contributed by atoms with Crippen LogP contribution in [0.1, 0.15) is 22.0 Å². The van der Waals surface area contributed by atoms with Crippen molar-refractivity contribution in [3.05, 3.63) is 47.5 Å². The molecule has 0 aromatic heterocycles. The molecule has 27 heavy (non-hydrogen) atoms. The highest BCUT2D eigenvalue weighted by atomic mass is 16.6. The summed E-state index contributed by atoms with van der Waals surface area (Å²) in [4.78, 5) is 24.3. The largest absolute Gasteiger partial charge is 0.497 e. The zero-order valence-corrected chi connectivity index (χ0v) is 14.9. The average molecular weight is 373 g/mol. The van der Waals surface area contributed by atoms with Crippen LogP contribution in [0.25, 0.3) is 0 Å². The van der Waals surface area contributed by atoms with Gasteiger partial charge in [0.2, 0.25) is 5.75 Å². The third-order valence-electron chi connectivity index (χ3n) is 4.06. The maximum atomic E-state index is 12.7. The van der Waals surface area contributed by atoms with Gasteiger partial charge >= 0.3 is 5.97 Å². The molecular formula is C19H19NO7. The Hall–Kier alpha value is -3.42. The molecule has 0 fully saturated rings. The number of nitrogens with one attached hydrogen (secondary N) is 1. The van der Waals surface area contributed by atoms with Gasteiger partial charge in [-0.15, -0.1) is 0 Å². The summed E-state index contributed by atoms with van der Waals surface area (Å²) in [5, 5.41) is 12.0. The van der Waals surface area contributed by atoms with Gasteiger partial charge in [0.05, 0.1) is 14.2 Å². The minimum absolute atomic E-state index is 0.205. The number of carboxylic acid groups (broad SMARTS) is 1. The maximum Gasteiger partial charge on any atom is 0.330 e. The van der Waals surface area contributed by atoms with Crippen LogP contribution in [-0.4, -0.2) is 44.4 Å². The zero-order chi connectivity index (χ0) is 19.4. The lowest BCUT2D eigenvalue weighted by Gasteiger charge is -2.22. The number of methoxy groups -OCH3 is 2. The summed E-state index contributed by atoms with van der Waals surface area (Å²) in [7, 11) is 2.97. The summed E-state index contributed by atoms with van der Waals surface area (Å²) < 4.78 is 21.3. The van der Waals surface area contributed by atoms with Crippen LogP contribution in [0.2, 0.25) is 0 Å². The van der Waals surface area contributed by atoms with Crippen LogP contribution in [0.5, 0.6) is 23.0 Å². The molecule has 0 saturated carbocycles. The van der Waals surface area contributed by atoms with E-state index < -0.39 is 17.9 Å². The van der Waals surface area contributed by atoms with E-state index in [9.17, 15) is 14.7 Å². The van der Waals surface area contributed by atoms with Crippen molar-refractivity contribution < 1.29 is 33.6 Å². The van der Waals surface area contributed by atoms with Crippen LogP contribution in [0.3, 0.4) is 0 Å². The van der Waals surface area contributed by atoms with Crippen LogP contribution < -0.4 is 24.3 Å². The van der Waals surface area contributed by atoms with Gasteiger partial charge in [0, 0.05) is 5.56 Å². The van der Waals surface area contributed by atoms with E-state index in [-0.39, 0.29) is 5.56 Å². The molecule has 142 valence electrons. The lowest BCUT2D eigenvalue weighted by Crippen LogP contribution is -2.33. The number of carbonyl (C=O) groups is 2. The van der Waals surface area contributed by atoms with Crippen LogP contribution >= 0.6 is 0 Å². The van der Waals surface area contributed by atoms with Crippen molar-refractivity contribution in [1.29, 1.82) is 0 Å².